The molecule has 27 heavy (non-hydrogen) atoms. The van der Waals surface area contributed by atoms with Gasteiger partial charge >= 0.3 is 12.1 Å². The van der Waals surface area contributed by atoms with Crippen molar-refractivity contribution in [1.29, 1.82) is 0 Å². The van der Waals surface area contributed by atoms with Gasteiger partial charge in [-0.2, -0.15) is 13.2 Å². The number of ether oxygens (including phenoxy) is 1. The summed E-state index contributed by atoms with van der Waals surface area (Å²) < 4.78 is 44.0. The van der Waals surface area contributed by atoms with Crippen LogP contribution in [0.15, 0.2) is 48.5 Å². The average Bonchev–Trinajstić information content (AvgIpc) is 2.61. The monoisotopic (exact) mass is 378 g/mol. The maximum Gasteiger partial charge on any atom is 0.416 e. The van der Waals surface area contributed by atoms with Crippen LogP contribution in [0.1, 0.15) is 29.3 Å². The van der Waals surface area contributed by atoms with Gasteiger partial charge in [0.2, 0.25) is 12.0 Å². The molecule has 8 heteroatoms. The van der Waals surface area contributed by atoms with E-state index in [-0.39, 0.29) is 17.8 Å². The van der Waals surface area contributed by atoms with Crippen LogP contribution in [0.3, 0.4) is 0 Å². The van der Waals surface area contributed by atoms with Crippen molar-refractivity contribution < 1.29 is 27.5 Å². The van der Waals surface area contributed by atoms with Crippen LogP contribution in [0.2, 0.25) is 0 Å². The van der Waals surface area contributed by atoms with Gasteiger partial charge in [-0.05, 0) is 25.1 Å². The number of nitrogen functional groups attached to an aromatic ring is 1. The number of rotatable bonds is 3. The fourth-order valence-electron chi connectivity index (χ4n) is 3.05. The summed E-state index contributed by atoms with van der Waals surface area (Å²) in [7, 11) is 0. The summed E-state index contributed by atoms with van der Waals surface area (Å²) in [5, 5.41) is 0. The molecule has 1 saturated heterocycles. The van der Waals surface area contributed by atoms with Gasteiger partial charge in [0.05, 0.1) is 23.4 Å². The highest BCUT2D eigenvalue weighted by Crippen LogP contribution is 2.37. The molecule has 2 N–H and O–H groups in total. The molecule has 1 aliphatic heterocycles. The lowest BCUT2D eigenvalue weighted by Gasteiger charge is -2.40. The Bertz CT molecular complexity index is 868. The number of hydrogen-bond acceptors (Lipinski definition) is 5. The summed E-state index contributed by atoms with van der Waals surface area (Å²) in [6.07, 6.45) is -5.85. The van der Waals surface area contributed by atoms with Crippen LogP contribution in [0.5, 0.6) is 0 Å². The first-order valence-electron chi connectivity index (χ1n) is 8.22. The number of carbonyl (C=O) groups is 2. The number of carbonyl (C=O) groups excluding carboxylic acids is 2. The zero-order chi connectivity index (χ0) is 19.8. The van der Waals surface area contributed by atoms with E-state index in [1.807, 2.05) is 0 Å². The van der Waals surface area contributed by atoms with E-state index in [0.29, 0.717) is 5.56 Å². The Labute approximate surface area is 153 Å². The summed E-state index contributed by atoms with van der Waals surface area (Å²) in [5.74, 6) is -1.03. The summed E-state index contributed by atoms with van der Waals surface area (Å²) in [6.45, 7) is 1.68. The highest BCUT2D eigenvalue weighted by atomic mass is 19.4. The number of hydrogen-bond donors (Lipinski definition) is 1. The fourth-order valence-corrected chi connectivity index (χ4v) is 3.05. The van der Waals surface area contributed by atoms with Gasteiger partial charge in [0.15, 0.2) is 0 Å². The molecule has 0 aromatic heterocycles. The summed E-state index contributed by atoms with van der Waals surface area (Å²) in [4.78, 5) is 26.2. The maximum absolute atomic E-state index is 12.9. The lowest BCUT2D eigenvalue weighted by Crippen LogP contribution is -2.54. The van der Waals surface area contributed by atoms with Crippen molar-refractivity contribution >= 4 is 23.1 Å². The molecule has 3 rings (SSSR count). The molecule has 0 aliphatic carbocycles. The maximum atomic E-state index is 12.9. The smallest absolute Gasteiger partial charge is 0.416 e. The Balaban J connectivity index is 2.02. The first-order chi connectivity index (χ1) is 12.7. The molecular formula is C19H17F3N2O3. The van der Waals surface area contributed by atoms with Crippen molar-refractivity contribution in [3.8, 4) is 0 Å². The number of alkyl halides is 3. The highest BCUT2D eigenvalue weighted by molar-refractivity contribution is 6.03. The largest absolute Gasteiger partial charge is 0.433 e. The van der Waals surface area contributed by atoms with Crippen LogP contribution in [0, 0.1) is 0 Å². The number of ketones is 1. The SMILES string of the molecule is CC1CC(=O)OC(C(=O)c2ccccc2)N1c1ccc(C(F)(F)F)cc1N. The number of benzene rings is 2. The Morgan fingerprint density at radius 2 is 1.85 bits per heavy atom. The zero-order valence-corrected chi connectivity index (χ0v) is 14.4. The molecule has 0 saturated carbocycles. The van der Waals surface area contributed by atoms with Crippen LogP contribution >= 0.6 is 0 Å². The van der Waals surface area contributed by atoms with Gasteiger partial charge in [-0.1, -0.05) is 30.3 Å². The minimum absolute atomic E-state index is 0.0148. The van der Waals surface area contributed by atoms with E-state index < -0.39 is 35.8 Å². The second kappa shape index (κ2) is 6.94. The molecule has 1 fully saturated rings. The fraction of sp³-hybridized carbons (Fsp3) is 0.263. The van der Waals surface area contributed by atoms with Gasteiger partial charge in [-0.15, -0.1) is 0 Å². The molecule has 2 aromatic carbocycles. The number of anilines is 2. The number of nitrogens with two attached hydrogens (primary N) is 1. The summed E-state index contributed by atoms with van der Waals surface area (Å²) in [5.41, 5.74) is 5.33. The highest BCUT2D eigenvalue weighted by Gasteiger charge is 2.40. The lowest BCUT2D eigenvalue weighted by molar-refractivity contribution is -0.151. The van der Waals surface area contributed by atoms with E-state index >= 15 is 0 Å². The topological polar surface area (TPSA) is 72.6 Å². The number of esters is 1. The number of cyclic esters (lactones) is 1. The van der Waals surface area contributed by atoms with E-state index in [1.165, 1.54) is 11.0 Å². The molecule has 2 atom stereocenters. The van der Waals surface area contributed by atoms with Gasteiger partial charge in [-0.25, -0.2) is 0 Å². The number of halogens is 3. The zero-order valence-electron chi connectivity index (χ0n) is 14.4. The van der Waals surface area contributed by atoms with Gasteiger partial charge < -0.3 is 15.4 Å². The van der Waals surface area contributed by atoms with E-state index in [2.05, 4.69) is 0 Å². The Morgan fingerprint density at radius 1 is 1.19 bits per heavy atom. The van der Waals surface area contributed by atoms with Crippen LogP contribution < -0.4 is 10.6 Å². The predicted octanol–water partition coefficient (Wildman–Crippen LogP) is 3.64. The van der Waals surface area contributed by atoms with Gasteiger partial charge in [-0.3, -0.25) is 9.59 Å². The third-order valence-corrected chi connectivity index (χ3v) is 4.35. The Morgan fingerprint density at radius 3 is 2.44 bits per heavy atom. The molecule has 1 aliphatic rings. The molecule has 142 valence electrons. The molecule has 0 bridgehead atoms. The first kappa shape index (κ1) is 18.8. The normalized spacial score (nSPS) is 20.3. The standard InChI is InChI=1S/C19H17F3N2O3/c1-11-9-16(25)27-18(17(26)12-5-3-2-4-6-12)24(11)15-8-7-13(10-14(15)23)19(20,21)22/h2-8,10-11,18H,9,23H2,1H3. The summed E-state index contributed by atoms with van der Waals surface area (Å²) in [6, 6.07) is 10.6. The third kappa shape index (κ3) is 3.74. The second-order valence-electron chi connectivity index (χ2n) is 6.30. The molecular weight excluding hydrogens is 361 g/mol. The van der Waals surface area contributed by atoms with Gasteiger partial charge in [0.25, 0.3) is 0 Å². The lowest BCUT2D eigenvalue weighted by atomic mass is 10.0. The van der Waals surface area contributed by atoms with E-state index in [9.17, 15) is 22.8 Å². The van der Waals surface area contributed by atoms with Gasteiger partial charge in [0, 0.05) is 11.6 Å². The molecule has 1 heterocycles. The molecule has 5 nitrogen and oxygen atoms in total. The first-order valence-corrected chi connectivity index (χ1v) is 8.22. The Kier molecular flexibility index (Phi) is 4.82. The number of nitrogens with zero attached hydrogens (tertiary/aromatic N) is 1. The third-order valence-electron chi connectivity index (χ3n) is 4.35. The van der Waals surface area contributed by atoms with E-state index in [4.69, 9.17) is 10.5 Å². The van der Waals surface area contributed by atoms with E-state index in [0.717, 1.165) is 12.1 Å². The van der Waals surface area contributed by atoms with Gasteiger partial charge in [0.1, 0.15) is 0 Å². The molecule has 0 amide bonds. The Hall–Kier alpha value is -3.03. The van der Waals surface area contributed by atoms with Crippen molar-refractivity contribution in [3.63, 3.8) is 0 Å². The van der Waals surface area contributed by atoms with Crippen LogP contribution in [-0.4, -0.2) is 24.0 Å². The minimum atomic E-state index is -4.54. The number of Topliss-reactive ketones (excluding diaryl/α,β-unsaturated/α-hetero) is 1. The van der Waals surface area contributed by atoms with Crippen LogP contribution in [-0.2, 0) is 15.7 Å². The van der Waals surface area contributed by atoms with Crippen molar-refractivity contribution in [3.05, 3.63) is 59.7 Å². The summed E-state index contributed by atoms with van der Waals surface area (Å²) >= 11 is 0. The van der Waals surface area contributed by atoms with Crippen molar-refractivity contribution in [2.24, 2.45) is 0 Å². The van der Waals surface area contributed by atoms with Crippen LogP contribution in [0.4, 0.5) is 24.5 Å². The molecule has 2 unspecified atom stereocenters. The quantitative estimate of drug-likeness (QED) is 0.502. The molecule has 2 aromatic rings. The van der Waals surface area contributed by atoms with E-state index in [1.54, 1.807) is 37.3 Å². The molecule has 0 spiro atoms. The van der Waals surface area contributed by atoms with Crippen molar-refractivity contribution in [1.82, 2.24) is 0 Å². The second-order valence-corrected chi connectivity index (χ2v) is 6.30. The van der Waals surface area contributed by atoms with Crippen molar-refractivity contribution in [2.75, 3.05) is 10.6 Å². The van der Waals surface area contributed by atoms with Crippen molar-refractivity contribution in [2.45, 2.75) is 31.8 Å². The average molecular weight is 378 g/mol. The molecule has 0 radical (unpaired) electrons. The van der Waals surface area contributed by atoms with Crippen LogP contribution in [0.25, 0.3) is 0 Å². The minimum Gasteiger partial charge on any atom is -0.433 e. The predicted molar refractivity (Wildman–Crippen MR) is 93.1 cm³/mol.